The lowest BCUT2D eigenvalue weighted by molar-refractivity contribution is 0.105. The van der Waals surface area contributed by atoms with Crippen molar-refractivity contribution < 1.29 is 9.47 Å². The monoisotopic (exact) mass is 353 g/mol. The molecule has 0 aromatic heterocycles. The summed E-state index contributed by atoms with van der Waals surface area (Å²) >= 11 is 6.08. The Kier molecular flexibility index (Phi) is 7.82. The molecule has 1 aromatic carbocycles. The summed E-state index contributed by atoms with van der Waals surface area (Å²) in [6.07, 6.45) is 1.07. The van der Waals surface area contributed by atoms with Crippen LogP contribution >= 0.6 is 11.6 Å². The number of rotatable bonds is 7. The van der Waals surface area contributed by atoms with E-state index in [0.717, 1.165) is 49.3 Å². The van der Waals surface area contributed by atoms with Gasteiger partial charge in [0.15, 0.2) is 5.96 Å². The van der Waals surface area contributed by atoms with Crippen LogP contribution in [0.4, 0.5) is 0 Å². The van der Waals surface area contributed by atoms with Gasteiger partial charge in [-0.25, -0.2) is 0 Å². The molecule has 5 nitrogen and oxygen atoms in total. The first kappa shape index (κ1) is 19.0. The Balaban J connectivity index is 1.89. The first-order chi connectivity index (χ1) is 11.7. The Morgan fingerprint density at radius 2 is 2.33 bits per heavy atom. The summed E-state index contributed by atoms with van der Waals surface area (Å²) < 4.78 is 11.2. The Morgan fingerprint density at radius 3 is 3.00 bits per heavy atom. The Bertz CT molecular complexity index is 539. The number of hydrogen-bond acceptors (Lipinski definition) is 3. The van der Waals surface area contributed by atoms with Gasteiger partial charge in [-0.15, -0.1) is 0 Å². The van der Waals surface area contributed by atoms with E-state index in [4.69, 9.17) is 21.1 Å². The molecule has 1 aromatic rings. The topological polar surface area (TPSA) is 46.1 Å². The van der Waals surface area contributed by atoms with Gasteiger partial charge in [-0.2, -0.15) is 0 Å². The van der Waals surface area contributed by atoms with Crippen molar-refractivity contribution in [1.29, 1.82) is 0 Å². The molecule has 0 spiro atoms. The summed E-state index contributed by atoms with van der Waals surface area (Å²) in [6, 6.07) is 7.77. The molecule has 0 amide bonds. The van der Waals surface area contributed by atoms with E-state index in [0.29, 0.717) is 12.5 Å². The van der Waals surface area contributed by atoms with Gasteiger partial charge in [0.25, 0.3) is 0 Å². The fourth-order valence-electron chi connectivity index (χ4n) is 3.01. The molecule has 0 saturated carbocycles. The lowest BCUT2D eigenvalue weighted by atomic mass is 10.1. The molecule has 24 heavy (non-hydrogen) atoms. The van der Waals surface area contributed by atoms with Gasteiger partial charge in [0, 0.05) is 51.3 Å². The van der Waals surface area contributed by atoms with E-state index >= 15 is 0 Å². The number of benzene rings is 1. The molecule has 134 valence electrons. The third-order valence-corrected chi connectivity index (χ3v) is 4.54. The second-order valence-electron chi connectivity index (χ2n) is 5.97. The van der Waals surface area contributed by atoms with Crippen LogP contribution in [0.3, 0.4) is 0 Å². The van der Waals surface area contributed by atoms with Crippen LogP contribution in [0.2, 0.25) is 5.02 Å². The fourth-order valence-corrected chi connectivity index (χ4v) is 3.20. The van der Waals surface area contributed by atoms with E-state index in [-0.39, 0.29) is 6.10 Å². The van der Waals surface area contributed by atoms with Crippen molar-refractivity contribution in [1.82, 2.24) is 10.2 Å². The van der Waals surface area contributed by atoms with Gasteiger partial charge in [-0.3, -0.25) is 4.99 Å². The summed E-state index contributed by atoms with van der Waals surface area (Å²) in [5, 5.41) is 4.14. The zero-order valence-electron chi connectivity index (χ0n) is 14.8. The molecule has 1 aliphatic rings. The van der Waals surface area contributed by atoms with E-state index < -0.39 is 0 Å². The van der Waals surface area contributed by atoms with Gasteiger partial charge < -0.3 is 19.7 Å². The molecule has 1 aliphatic heterocycles. The average molecular weight is 354 g/mol. The number of hydrogen-bond donors (Lipinski definition) is 1. The SMILES string of the molecule is CCOCC1CCN(C(=NC)NCC(OC)c2cccc(Cl)c2)C1. The Labute approximate surface area is 150 Å². The minimum absolute atomic E-state index is 0.0673. The van der Waals surface area contributed by atoms with Gasteiger partial charge in [0.2, 0.25) is 0 Å². The zero-order chi connectivity index (χ0) is 17.4. The molecule has 1 saturated heterocycles. The Morgan fingerprint density at radius 1 is 1.50 bits per heavy atom. The standard InChI is InChI=1S/C18H28ClN3O2/c1-4-24-13-14-8-9-22(12-14)18(20-2)21-11-17(23-3)15-6-5-7-16(19)10-15/h5-7,10,14,17H,4,8-9,11-13H2,1-3H3,(H,20,21). The molecule has 0 bridgehead atoms. The normalized spacial score (nSPS) is 19.6. The van der Waals surface area contributed by atoms with Crippen molar-refractivity contribution in [3.05, 3.63) is 34.9 Å². The molecule has 0 aliphatic carbocycles. The smallest absolute Gasteiger partial charge is 0.193 e. The third-order valence-electron chi connectivity index (χ3n) is 4.31. The van der Waals surface area contributed by atoms with Crippen LogP contribution in [0.15, 0.2) is 29.3 Å². The first-order valence-electron chi connectivity index (χ1n) is 8.49. The number of methoxy groups -OCH3 is 1. The predicted molar refractivity (Wildman–Crippen MR) is 98.7 cm³/mol. The molecule has 2 rings (SSSR count). The molecule has 2 atom stereocenters. The van der Waals surface area contributed by atoms with Crippen LogP contribution < -0.4 is 5.32 Å². The average Bonchev–Trinajstić information content (AvgIpc) is 3.05. The van der Waals surface area contributed by atoms with Crippen LogP contribution in [0, 0.1) is 5.92 Å². The van der Waals surface area contributed by atoms with Crippen molar-refractivity contribution in [3.63, 3.8) is 0 Å². The van der Waals surface area contributed by atoms with Crippen LogP contribution in [-0.4, -0.2) is 57.9 Å². The van der Waals surface area contributed by atoms with Crippen LogP contribution in [0.5, 0.6) is 0 Å². The highest BCUT2D eigenvalue weighted by Gasteiger charge is 2.25. The maximum Gasteiger partial charge on any atom is 0.193 e. The third kappa shape index (κ3) is 5.36. The highest BCUT2D eigenvalue weighted by Crippen LogP contribution is 2.20. The number of nitrogens with one attached hydrogen (secondary N) is 1. The fraction of sp³-hybridized carbons (Fsp3) is 0.611. The van der Waals surface area contributed by atoms with Crippen molar-refractivity contribution in [2.75, 3.05) is 47.0 Å². The van der Waals surface area contributed by atoms with Gasteiger partial charge in [-0.1, -0.05) is 23.7 Å². The van der Waals surface area contributed by atoms with E-state index in [9.17, 15) is 0 Å². The van der Waals surface area contributed by atoms with E-state index in [1.165, 1.54) is 0 Å². The minimum atomic E-state index is -0.0673. The van der Waals surface area contributed by atoms with Crippen molar-refractivity contribution in [3.8, 4) is 0 Å². The first-order valence-corrected chi connectivity index (χ1v) is 8.87. The summed E-state index contributed by atoms with van der Waals surface area (Å²) in [4.78, 5) is 6.70. The summed E-state index contributed by atoms with van der Waals surface area (Å²) in [7, 11) is 3.53. The van der Waals surface area contributed by atoms with Crippen LogP contribution in [0.1, 0.15) is 25.0 Å². The minimum Gasteiger partial charge on any atom is -0.381 e. The van der Waals surface area contributed by atoms with E-state index in [1.54, 1.807) is 7.11 Å². The lowest BCUT2D eigenvalue weighted by Gasteiger charge is -2.24. The maximum atomic E-state index is 6.08. The molecule has 1 fully saturated rings. The summed E-state index contributed by atoms with van der Waals surface area (Å²) in [5.41, 5.74) is 1.06. The molecule has 1 N–H and O–H groups in total. The largest absolute Gasteiger partial charge is 0.381 e. The quantitative estimate of drug-likeness (QED) is 0.604. The molecule has 2 unspecified atom stereocenters. The van der Waals surface area contributed by atoms with Gasteiger partial charge in [0.05, 0.1) is 12.7 Å². The van der Waals surface area contributed by atoms with Crippen molar-refractivity contribution in [2.24, 2.45) is 10.9 Å². The summed E-state index contributed by atoms with van der Waals surface area (Å²) in [6.45, 7) is 6.27. The van der Waals surface area contributed by atoms with E-state index in [1.807, 2.05) is 38.2 Å². The number of aliphatic imine (C=N–C) groups is 1. The molecular weight excluding hydrogens is 326 g/mol. The zero-order valence-corrected chi connectivity index (χ0v) is 15.6. The van der Waals surface area contributed by atoms with E-state index in [2.05, 4.69) is 15.2 Å². The highest BCUT2D eigenvalue weighted by molar-refractivity contribution is 6.30. The van der Waals surface area contributed by atoms with Gasteiger partial charge in [0.1, 0.15) is 0 Å². The maximum absolute atomic E-state index is 6.08. The van der Waals surface area contributed by atoms with Gasteiger partial charge >= 0.3 is 0 Å². The molecule has 1 heterocycles. The molecule has 0 radical (unpaired) electrons. The number of halogens is 1. The molecular formula is C18H28ClN3O2. The number of nitrogens with zero attached hydrogens (tertiary/aromatic N) is 2. The predicted octanol–water partition coefficient (Wildman–Crippen LogP) is 2.96. The van der Waals surface area contributed by atoms with Crippen molar-refractivity contribution >= 4 is 17.6 Å². The van der Waals surface area contributed by atoms with Crippen molar-refractivity contribution in [2.45, 2.75) is 19.4 Å². The van der Waals surface area contributed by atoms with Crippen LogP contribution in [-0.2, 0) is 9.47 Å². The molecule has 6 heteroatoms. The van der Waals surface area contributed by atoms with Crippen LogP contribution in [0.25, 0.3) is 0 Å². The second-order valence-corrected chi connectivity index (χ2v) is 6.40. The second kappa shape index (κ2) is 9.87. The number of ether oxygens (including phenoxy) is 2. The summed E-state index contributed by atoms with van der Waals surface area (Å²) in [5.74, 6) is 1.49. The number of likely N-dealkylation sites (tertiary alicyclic amines) is 1. The van der Waals surface area contributed by atoms with Gasteiger partial charge in [-0.05, 0) is 31.0 Å². The lowest BCUT2D eigenvalue weighted by Crippen LogP contribution is -2.42. The highest BCUT2D eigenvalue weighted by atomic mass is 35.5. The Hall–Kier alpha value is -1.30. The number of guanidine groups is 1.